The number of aryl methyl sites for hydroxylation is 2. The van der Waals surface area contributed by atoms with Gasteiger partial charge in [-0.05, 0) is 33.6 Å². The summed E-state index contributed by atoms with van der Waals surface area (Å²) in [4.78, 5) is 0.288. The number of aromatic nitrogens is 3. The minimum atomic E-state index is -3.63. The van der Waals surface area contributed by atoms with Gasteiger partial charge in [0.25, 0.3) is 0 Å². The molecule has 0 radical (unpaired) electrons. The third kappa shape index (κ3) is 3.00. The van der Waals surface area contributed by atoms with Crippen LogP contribution in [0, 0.1) is 13.8 Å². The molecule has 24 heavy (non-hydrogen) atoms. The normalized spacial score (nSPS) is 20.2. The quantitative estimate of drug-likeness (QED) is 0.845. The first kappa shape index (κ1) is 17.2. The minimum absolute atomic E-state index is 0.278. The highest BCUT2D eigenvalue weighted by Crippen LogP contribution is 2.35. The molecule has 0 N–H and O–H groups in total. The zero-order valence-corrected chi connectivity index (χ0v) is 15.2. The Morgan fingerprint density at radius 3 is 2.71 bits per heavy atom. The second-order valence-corrected chi connectivity index (χ2v) is 8.11. The van der Waals surface area contributed by atoms with E-state index in [9.17, 15) is 8.42 Å². The van der Waals surface area contributed by atoms with Crippen LogP contribution in [-0.2, 0) is 16.6 Å². The van der Waals surface area contributed by atoms with Gasteiger partial charge in [-0.1, -0.05) is 18.0 Å². The number of rotatable bonds is 4. The van der Waals surface area contributed by atoms with Crippen molar-refractivity contribution in [2.45, 2.75) is 63.9 Å². The molecule has 0 amide bonds. The summed E-state index contributed by atoms with van der Waals surface area (Å²) in [5, 5.41) is 8.28. The number of sulfonamides is 1. The highest BCUT2D eigenvalue weighted by molar-refractivity contribution is 7.89. The maximum Gasteiger partial charge on any atom is 0.247 e. The number of hydrogen-bond acceptors (Lipinski definition) is 5. The van der Waals surface area contributed by atoms with E-state index in [1.807, 2.05) is 19.9 Å². The Kier molecular flexibility index (Phi) is 4.78. The van der Waals surface area contributed by atoms with E-state index in [1.54, 1.807) is 15.9 Å². The molecular formula is C16H24N4O3S. The molecule has 0 aliphatic carbocycles. The monoisotopic (exact) mass is 352 g/mol. The fourth-order valence-corrected chi connectivity index (χ4v) is 5.17. The average molecular weight is 352 g/mol. The predicted octanol–water partition coefficient (Wildman–Crippen LogP) is 2.81. The summed E-state index contributed by atoms with van der Waals surface area (Å²) in [6.07, 6.45) is 5.08. The van der Waals surface area contributed by atoms with Crippen molar-refractivity contribution in [1.29, 1.82) is 0 Å². The summed E-state index contributed by atoms with van der Waals surface area (Å²) in [6.45, 7) is 6.71. The lowest BCUT2D eigenvalue weighted by atomic mass is 10.1. The lowest BCUT2D eigenvalue weighted by Crippen LogP contribution is -2.35. The molecule has 1 unspecified atom stereocenters. The molecule has 0 spiro atoms. The van der Waals surface area contributed by atoms with Crippen molar-refractivity contribution in [2.24, 2.45) is 0 Å². The number of hydrogen-bond donors (Lipinski definition) is 0. The van der Waals surface area contributed by atoms with Crippen LogP contribution in [0.15, 0.2) is 21.7 Å². The van der Waals surface area contributed by atoms with Gasteiger partial charge in [-0.3, -0.25) is 4.68 Å². The van der Waals surface area contributed by atoms with Gasteiger partial charge in [0.15, 0.2) is 0 Å². The molecule has 0 bridgehead atoms. The van der Waals surface area contributed by atoms with Gasteiger partial charge in [-0.2, -0.15) is 9.40 Å². The molecule has 1 fully saturated rings. The van der Waals surface area contributed by atoms with Gasteiger partial charge in [0.1, 0.15) is 16.3 Å². The lowest BCUT2D eigenvalue weighted by molar-refractivity contribution is 0.304. The third-order valence-electron chi connectivity index (χ3n) is 4.64. The summed E-state index contributed by atoms with van der Waals surface area (Å²) >= 11 is 0. The van der Waals surface area contributed by atoms with Gasteiger partial charge >= 0.3 is 0 Å². The number of nitrogens with zero attached hydrogens (tertiary/aromatic N) is 4. The molecule has 3 rings (SSSR count). The first-order valence-electron chi connectivity index (χ1n) is 8.42. The maximum atomic E-state index is 13.3. The van der Waals surface area contributed by atoms with Crippen LogP contribution in [-0.4, -0.2) is 34.2 Å². The molecule has 1 aliphatic rings. The van der Waals surface area contributed by atoms with Gasteiger partial charge in [-0.25, -0.2) is 8.42 Å². The fraction of sp³-hybridized carbons (Fsp3) is 0.625. The van der Waals surface area contributed by atoms with Crippen molar-refractivity contribution < 1.29 is 12.9 Å². The molecule has 7 nitrogen and oxygen atoms in total. The maximum absolute atomic E-state index is 13.3. The van der Waals surface area contributed by atoms with Crippen molar-refractivity contribution in [3.63, 3.8) is 0 Å². The predicted molar refractivity (Wildman–Crippen MR) is 89.0 cm³/mol. The Bertz CT molecular complexity index is 809. The van der Waals surface area contributed by atoms with E-state index in [1.165, 1.54) is 6.20 Å². The van der Waals surface area contributed by atoms with Crippen LogP contribution in [0.3, 0.4) is 0 Å². The summed E-state index contributed by atoms with van der Waals surface area (Å²) in [5.41, 5.74) is 1.37. The molecule has 1 atom stereocenters. The van der Waals surface area contributed by atoms with Crippen LogP contribution < -0.4 is 0 Å². The van der Waals surface area contributed by atoms with E-state index < -0.39 is 10.0 Å². The Hall–Kier alpha value is -1.67. The average Bonchev–Trinajstić information content (AvgIpc) is 3.04. The van der Waals surface area contributed by atoms with E-state index in [0.29, 0.717) is 30.2 Å². The summed E-state index contributed by atoms with van der Waals surface area (Å²) in [6, 6.07) is 1.56. The van der Waals surface area contributed by atoms with E-state index in [2.05, 4.69) is 10.3 Å². The Morgan fingerprint density at radius 2 is 2.08 bits per heavy atom. The SMILES string of the molecule is CCn1ncc(S(=O)(=O)N2CCCCCC2c2cc(C)on2)c1C. The first-order chi connectivity index (χ1) is 11.4. The van der Waals surface area contributed by atoms with E-state index in [-0.39, 0.29) is 10.9 Å². The fourth-order valence-electron chi connectivity index (χ4n) is 3.34. The van der Waals surface area contributed by atoms with Crippen LogP contribution in [0.4, 0.5) is 0 Å². The van der Waals surface area contributed by atoms with Gasteiger partial charge in [0.2, 0.25) is 10.0 Å². The largest absolute Gasteiger partial charge is 0.361 e. The summed E-state index contributed by atoms with van der Waals surface area (Å²) in [5.74, 6) is 0.696. The smallest absolute Gasteiger partial charge is 0.247 e. The van der Waals surface area contributed by atoms with Crippen LogP contribution in [0.2, 0.25) is 0 Å². The van der Waals surface area contributed by atoms with Gasteiger partial charge in [-0.15, -0.1) is 0 Å². The van der Waals surface area contributed by atoms with Crippen molar-refractivity contribution in [2.75, 3.05) is 6.54 Å². The second kappa shape index (κ2) is 6.68. The zero-order valence-electron chi connectivity index (χ0n) is 14.4. The first-order valence-corrected chi connectivity index (χ1v) is 9.86. The van der Waals surface area contributed by atoms with Gasteiger partial charge in [0, 0.05) is 19.2 Å². The Morgan fingerprint density at radius 1 is 1.29 bits per heavy atom. The molecule has 2 aromatic rings. The molecule has 3 heterocycles. The topological polar surface area (TPSA) is 81.2 Å². The highest BCUT2D eigenvalue weighted by Gasteiger charge is 2.36. The lowest BCUT2D eigenvalue weighted by Gasteiger charge is -2.27. The molecule has 0 saturated carbocycles. The minimum Gasteiger partial charge on any atom is -0.361 e. The van der Waals surface area contributed by atoms with Gasteiger partial charge < -0.3 is 4.52 Å². The van der Waals surface area contributed by atoms with Crippen molar-refractivity contribution in [1.82, 2.24) is 19.2 Å². The molecule has 132 valence electrons. The van der Waals surface area contributed by atoms with E-state index in [4.69, 9.17) is 4.52 Å². The van der Waals surface area contributed by atoms with Crippen LogP contribution in [0.25, 0.3) is 0 Å². The zero-order chi connectivity index (χ0) is 17.3. The Labute approximate surface area is 142 Å². The molecule has 2 aromatic heterocycles. The molecule has 1 aliphatic heterocycles. The van der Waals surface area contributed by atoms with Crippen molar-refractivity contribution in [3.8, 4) is 0 Å². The summed E-state index contributed by atoms with van der Waals surface area (Å²) < 4.78 is 35.1. The summed E-state index contributed by atoms with van der Waals surface area (Å²) in [7, 11) is -3.63. The highest BCUT2D eigenvalue weighted by atomic mass is 32.2. The van der Waals surface area contributed by atoms with Crippen LogP contribution >= 0.6 is 0 Å². The second-order valence-electron chi connectivity index (χ2n) is 6.25. The molecule has 1 saturated heterocycles. The molecule has 8 heteroatoms. The van der Waals surface area contributed by atoms with Crippen molar-refractivity contribution in [3.05, 3.63) is 29.4 Å². The van der Waals surface area contributed by atoms with Crippen LogP contribution in [0.5, 0.6) is 0 Å². The van der Waals surface area contributed by atoms with Crippen molar-refractivity contribution >= 4 is 10.0 Å². The molecular weight excluding hydrogens is 328 g/mol. The third-order valence-corrected chi connectivity index (χ3v) is 6.65. The standard InChI is InChI=1S/C16H24N4O3S/c1-4-19-13(3)16(11-17-19)24(21,22)20-9-7-5-6-8-15(20)14-10-12(2)23-18-14/h10-11,15H,4-9H2,1-3H3. The molecule has 0 aromatic carbocycles. The Balaban J connectivity index is 2.03. The van der Waals surface area contributed by atoms with E-state index >= 15 is 0 Å². The van der Waals surface area contributed by atoms with E-state index in [0.717, 1.165) is 25.7 Å². The van der Waals surface area contributed by atoms with Gasteiger partial charge in [0.05, 0.1) is 17.9 Å². The van der Waals surface area contributed by atoms with Crippen LogP contribution in [0.1, 0.15) is 55.8 Å².